The van der Waals surface area contributed by atoms with Gasteiger partial charge in [-0.3, -0.25) is 14.4 Å². The number of methoxy groups -OCH3 is 1. The third kappa shape index (κ3) is 3.94. The predicted molar refractivity (Wildman–Crippen MR) is 131 cm³/mol. The smallest absolute Gasteiger partial charge is 0.312 e. The van der Waals surface area contributed by atoms with Gasteiger partial charge in [0.2, 0.25) is 0 Å². The van der Waals surface area contributed by atoms with E-state index in [1.807, 2.05) is 19.9 Å². The number of Topliss-reactive ketones (excluding diaryl/α,β-unsaturated/α-hetero) is 2. The Morgan fingerprint density at radius 3 is 2.68 bits per heavy atom. The number of carbonyl (C=O) groups is 3. The summed E-state index contributed by atoms with van der Waals surface area (Å²) in [5, 5.41) is 11.3. The molecule has 0 aliphatic heterocycles. The normalized spacial score (nSPS) is 36.8. The van der Waals surface area contributed by atoms with Crippen molar-refractivity contribution < 1.29 is 24.2 Å². The first-order valence-electron chi connectivity index (χ1n) is 12.9. The number of allylic oxidation sites excluding steroid dienone is 3. The number of ether oxygens (including phenoxy) is 1. The molecule has 4 aliphatic carbocycles. The van der Waals surface area contributed by atoms with Gasteiger partial charge < -0.3 is 9.84 Å². The van der Waals surface area contributed by atoms with Crippen molar-refractivity contribution in [2.24, 2.45) is 40.9 Å². The minimum absolute atomic E-state index is 0.0396. The van der Waals surface area contributed by atoms with Crippen LogP contribution in [0.2, 0.25) is 0 Å². The van der Waals surface area contributed by atoms with Gasteiger partial charge >= 0.3 is 5.97 Å². The molecule has 8 unspecified atom stereocenters. The number of fused-ring (bicyclic) bond motifs is 4. The molecule has 0 aromatic rings. The van der Waals surface area contributed by atoms with Crippen molar-refractivity contribution in [3.05, 3.63) is 34.9 Å². The molecule has 5 nitrogen and oxygen atoms in total. The average molecular weight is 469 g/mol. The Bertz CT molecular complexity index is 971. The summed E-state index contributed by atoms with van der Waals surface area (Å²) in [6.07, 6.45) is 6.47. The first-order chi connectivity index (χ1) is 16.0. The third-order valence-electron chi connectivity index (χ3n) is 9.83. The van der Waals surface area contributed by atoms with Crippen LogP contribution in [0.25, 0.3) is 0 Å². The quantitative estimate of drug-likeness (QED) is 0.439. The SMILES string of the molecule is C=C(CCC(C)C1CCC2C3=C(C(=O)CC21C)C1=CCC(=O)C(C)C1CC3O)C(C)C(=O)OC. The van der Waals surface area contributed by atoms with E-state index < -0.39 is 6.10 Å². The van der Waals surface area contributed by atoms with E-state index in [1.54, 1.807) is 0 Å². The van der Waals surface area contributed by atoms with Crippen molar-refractivity contribution in [1.82, 2.24) is 0 Å². The molecule has 0 saturated heterocycles. The van der Waals surface area contributed by atoms with Crippen LogP contribution in [0.1, 0.15) is 72.6 Å². The molecule has 0 amide bonds. The fourth-order valence-electron chi connectivity index (χ4n) is 7.66. The lowest BCUT2D eigenvalue weighted by Crippen LogP contribution is -2.46. The van der Waals surface area contributed by atoms with E-state index in [1.165, 1.54) is 7.11 Å². The Morgan fingerprint density at radius 2 is 2.00 bits per heavy atom. The number of aliphatic hydroxyl groups excluding tert-OH is 1. The van der Waals surface area contributed by atoms with E-state index in [2.05, 4.69) is 20.4 Å². The summed E-state index contributed by atoms with van der Waals surface area (Å²) in [6, 6.07) is 0. The number of ketones is 2. The van der Waals surface area contributed by atoms with Gasteiger partial charge in [-0.2, -0.15) is 0 Å². The van der Waals surface area contributed by atoms with Gasteiger partial charge in [-0.25, -0.2) is 0 Å². The fourth-order valence-corrected chi connectivity index (χ4v) is 7.66. The topological polar surface area (TPSA) is 80.7 Å². The van der Waals surface area contributed by atoms with E-state index in [9.17, 15) is 19.5 Å². The van der Waals surface area contributed by atoms with Crippen LogP contribution < -0.4 is 0 Å². The van der Waals surface area contributed by atoms with Crippen molar-refractivity contribution in [2.75, 3.05) is 7.11 Å². The second-order valence-electron chi connectivity index (χ2n) is 11.6. The molecule has 1 fully saturated rings. The molecule has 0 aromatic carbocycles. The number of carbonyl (C=O) groups excluding carboxylic acids is 3. The highest BCUT2D eigenvalue weighted by atomic mass is 16.5. The molecular formula is C29H40O5. The van der Waals surface area contributed by atoms with Gasteiger partial charge in [0, 0.05) is 24.3 Å². The Kier molecular flexibility index (Phi) is 6.80. The summed E-state index contributed by atoms with van der Waals surface area (Å²) in [7, 11) is 1.40. The Hall–Kier alpha value is -2.01. The molecule has 0 heterocycles. The molecule has 0 spiro atoms. The first-order valence-corrected chi connectivity index (χ1v) is 12.9. The molecule has 1 N–H and O–H groups in total. The summed E-state index contributed by atoms with van der Waals surface area (Å²) in [5.41, 5.74) is 3.48. The van der Waals surface area contributed by atoms with E-state index in [0.29, 0.717) is 31.1 Å². The Labute approximate surface area is 203 Å². The van der Waals surface area contributed by atoms with Crippen LogP contribution in [0.3, 0.4) is 0 Å². The van der Waals surface area contributed by atoms with Crippen LogP contribution in [0.15, 0.2) is 34.9 Å². The number of rotatable bonds is 6. The molecular weight excluding hydrogens is 428 g/mol. The Morgan fingerprint density at radius 1 is 1.29 bits per heavy atom. The van der Waals surface area contributed by atoms with E-state index in [0.717, 1.165) is 48.0 Å². The van der Waals surface area contributed by atoms with Crippen molar-refractivity contribution in [2.45, 2.75) is 78.7 Å². The average Bonchev–Trinajstić information content (AvgIpc) is 3.15. The lowest BCUT2D eigenvalue weighted by atomic mass is 9.55. The number of aliphatic hydroxyl groups is 1. The van der Waals surface area contributed by atoms with Gasteiger partial charge in [-0.05, 0) is 79.3 Å². The summed E-state index contributed by atoms with van der Waals surface area (Å²) < 4.78 is 4.86. The number of hydrogen-bond acceptors (Lipinski definition) is 5. The van der Waals surface area contributed by atoms with E-state index in [4.69, 9.17) is 4.74 Å². The maximum atomic E-state index is 13.6. The second-order valence-corrected chi connectivity index (χ2v) is 11.6. The molecule has 186 valence electrons. The highest BCUT2D eigenvalue weighted by molar-refractivity contribution is 6.03. The van der Waals surface area contributed by atoms with Crippen LogP contribution in [0.4, 0.5) is 0 Å². The molecule has 0 aromatic heterocycles. The fraction of sp³-hybridized carbons (Fsp3) is 0.690. The van der Waals surface area contributed by atoms with Crippen molar-refractivity contribution in [3.8, 4) is 0 Å². The summed E-state index contributed by atoms with van der Waals surface area (Å²) in [4.78, 5) is 37.8. The highest BCUT2D eigenvalue weighted by Gasteiger charge is 2.57. The van der Waals surface area contributed by atoms with E-state index >= 15 is 0 Å². The van der Waals surface area contributed by atoms with Gasteiger partial charge in [0.1, 0.15) is 5.78 Å². The molecule has 34 heavy (non-hydrogen) atoms. The van der Waals surface area contributed by atoms with Crippen LogP contribution in [0.5, 0.6) is 0 Å². The van der Waals surface area contributed by atoms with Gasteiger partial charge in [-0.15, -0.1) is 0 Å². The second kappa shape index (κ2) is 9.22. The van der Waals surface area contributed by atoms with Gasteiger partial charge in [0.15, 0.2) is 5.78 Å². The van der Waals surface area contributed by atoms with Gasteiger partial charge in [0.05, 0.1) is 19.1 Å². The highest BCUT2D eigenvalue weighted by Crippen LogP contribution is 2.62. The van der Waals surface area contributed by atoms with Crippen molar-refractivity contribution in [3.63, 3.8) is 0 Å². The minimum atomic E-state index is -0.645. The zero-order chi connectivity index (χ0) is 24.9. The predicted octanol–water partition coefficient (Wildman–Crippen LogP) is 4.99. The minimum Gasteiger partial charge on any atom is -0.469 e. The van der Waals surface area contributed by atoms with Crippen LogP contribution >= 0.6 is 0 Å². The van der Waals surface area contributed by atoms with Crippen molar-refractivity contribution >= 4 is 17.5 Å². The standard InChI is InChI=1S/C29H40O5/c1-15(17(3)28(33)34-6)7-8-16(2)21-10-11-22-27-24(31)13-20-18(4)23(30)12-9-19(20)26(27)25(32)14-29(21,22)5/h9,16-18,20-22,24,31H,1,7-8,10-14H2,2-6H3. The third-order valence-corrected chi connectivity index (χ3v) is 9.83. The van der Waals surface area contributed by atoms with Crippen LogP contribution in [-0.4, -0.2) is 35.9 Å². The molecule has 4 aliphatic rings. The van der Waals surface area contributed by atoms with Gasteiger partial charge in [-0.1, -0.05) is 39.0 Å². The van der Waals surface area contributed by atoms with E-state index in [-0.39, 0.29) is 46.6 Å². The number of esters is 1. The molecule has 0 bridgehead atoms. The summed E-state index contributed by atoms with van der Waals surface area (Å²) >= 11 is 0. The molecule has 0 radical (unpaired) electrons. The van der Waals surface area contributed by atoms with Crippen LogP contribution in [0, 0.1) is 40.9 Å². The van der Waals surface area contributed by atoms with Crippen molar-refractivity contribution in [1.29, 1.82) is 0 Å². The molecule has 1 saturated carbocycles. The zero-order valence-corrected chi connectivity index (χ0v) is 21.4. The largest absolute Gasteiger partial charge is 0.469 e. The maximum absolute atomic E-state index is 13.6. The summed E-state index contributed by atoms with van der Waals surface area (Å²) in [5.74, 6) is 0.577. The molecule has 4 rings (SSSR count). The lowest BCUT2D eigenvalue weighted by Gasteiger charge is -2.49. The van der Waals surface area contributed by atoms with Gasteiger partial charge in [0.25, 0.3) is 0 Å². The summed E-state index contributed by atoms with van der Waals surface area (Å²) in [6.45, 7) is 12.4. The monoisotopic (exact) mass is 468 g/mol. The maximum Gasteiger partial charge on any atom is 0.312 e. The number of hydrogen-bond donors (Lipinski definition) is 1. The lowest BCUT2D eigenvalue weighted by molar-refractivity contribution is -0.143. The Balaban J connectivity index is 1.56. The zero-order valence-electron chi connectivity index (χ0n) is 21.4. The van der Waals surface area contributed by atoms with Crippen LogP contribution in [-0.2, 0) is 19.1 Å². The molecule has 8 atom stereocenters. The molecule has 5 heteroatoms. The first kappa shape index (κ1) is 25.1.